The molecule has 1 amide bonds. The van der Waals surface area contributed by atoms with Crippen LogP contribution in [0.25, 0.3) is 5.82 Å². The maximum atomic E-state index is 12.6. The van der Waals surface area contributed by atoms with Crippen molar-refractivity contribution in [1.82, 2.24) is 20.0 Å². The molecule has 0 atom stereocenters. The van der Waals surface area contributed by atoms with Crippen LogP contribution in [-0.2, 0) is 4.79 Å². The lowest BCUT2D eigenvalue weighted by Gasteiger charge is -2.31. The third-order valence-corrected chi connectivity index (χ3v) is 5.32. The van der Waals surface area contributed by atoms with Crippen LogP contribution >= 0.6 is 23.2 Å². The fourth-order valence-electron chi connectivity index (χ4n) is 3.21. The number of carbonyl (C=O) groups excluding carboxylic acids is 1. The van der Waals surface area contributed by atoms with Gasteiger partial charge in [-0.1, -0.05) is 23.2 Å². The number of anilines is 2. The SMILES string of the molecule is O=C(Nc1cc(Cl)ccc1Cl)C1CCN(c2ccc(-n3cccn3)nn2)CC1. The Hall–Kier alpha value is -2.64. The normalized spacial score (nSPS) is 14.9. The second-order valence-corrected chi connectivity index (χ2v) is 7.42. The molecule has 7 nitrogen and oxygen atoms in total. The lowest BCUT2D eigenvalue weighted by molar-refractivity contribution is -0.120. The van der Waals surface area contributed by atoms with E-state index < -0.39 is 0 Å². The van der Waals surface area contributed by atoms with Crippen LogP contribution in [0.4, 0.5) is 11.5 Å². The predicted octanol–water partition coefficient (Wildman–Crippen LogP) is 3.82. The number of nitrogens with one attached hydrogen (secondary N) is 1. The van der Waals surface area contributed by atoms with Crippen LogP contribution in [0, 0.1) is 5.92 Å². The predicted molar refractivity (Wildman–Crippen MR) is 109 cm³/mol. The highest BCUT2D eigenvalue weighted by atomic mass is 35.5. The fourth-order valence-corrected chi connectivity index (χ4v) is 3.55. The molecule has 0 aliphatic carbocycles. The van der Waals surface area contributed by atoms with E-state index in [1.807, 2.05) is 24.4 Å². The average Bonchev–Trinajstić information content (AvgIpc) is 3.26. The van der Waals surface area contributed by atoms with Crippen molar-refractivity contribution >= 4 is 40.6 Å². The molecule has 3 aromatic rings. The number of halogens is 2. The molecule has 0 saturated carbocycles. The quantitative estimate of drug-likeness (QED) is 0.699. The average molecular weight is 417 g/mol. The molecule has 0 unspecified atom stereocenters. The van der Waals surface area contributed by atoms with Gasteiger partial charge in [-0.2, -0.15) is 5.10 Å². The topological polar surface area (TPSA) is 75.9 Å². The van der Waals surface area contributed by atoms with E-state index in [9.17, 15) is 4.79 Å². The van der Waals surface area contributed by atoms with Gasteiger partial charge in [0, 0.05) is 36.4 Å². The molecule has 3 heterocycles. The van der Waals surface area contributed by atoms with E-state index in [1.54, 1.807) is 29.1 Å². The van der Waals surface area contributed by atoms with Gasteiger partial charge in [0.1, 0.15) is 0 Å². The Morgan fingerprint density at radius 3 is 2.50 bits per heavy atom. The summed E-state index contributed by atoms with van der Waals surface area (Å²) in [6.45, 7) is 1.47. The van der Waals surface area contributed by atoms with Crippen LogP contribution in [0.15, 0.2) is 48.8 Å². The van der Waals surface area contributed by atoms with Gasteiger partial charge in [-0.15, -0.1) is 10.2 Å². The van der Waals surface area contributed by atoms with E-state index in [-0.39, 0.29) is 11.8 Å². The second kappa shape index (κ2) is 8.16. The third kappa shape index (κ3) is 4.10. The van der Waals surface area contributed by atoms with Gasteiger partial charge in [-0.25, -0.2) is 4.68 Å². The molecular formula is C19H18Cl2N6O. The van der Waals surface area contributed by atoms with E-state index in [2.05, 4.69) is 25.5 Å². The first-order valence-electron chi connectivity index (χ1n) is 8.95. The summed E-state index contributed by atoms with van der Waals surface area (Å²) in [6, 6.07) is 10.7. The highest BCUT2D eigenvalue weighted by Gasteiger charge is 2.26. The molecule has 1 saturated heterocycles. The second-order valence-electron chi connectivity index (χ2n) is 6.58. The number of piperidine rings is 1. The molecule has 1 aliphatic heterocycles. The van der Waals surface area contributed by atoms with Crippen LogP contribution < -0.4 is 10.2 Å². The molecule has 9 heteroatoms. The van der Waals surface area contributed by atoms with Crippen LogP contribution in [0.5, 0.6) is 0 Å². The lowest BCUT2D eigenvalue weighted by Crippen LogP contribution is -2.38. The monoisotopic (exact) mass is 416 g/mol. The van der Waals surface area contributed by atoms with Crippen molar-refractivity contribution in [2.75, 3.05) is 23.3 Å². The Morgan fingerprint density at radius 2 is 1.82 bits per heavy atom. The first-order valence-corrected chi connectivity index (χ1v) is 9.70. The van der Waals surface area contributed by atoms with Crippen molar-refractivity contribution < 1.29 is 4.79 Å². The van der Waals surface area contributed by atoms with Crippen molar-refractivity contribution in [2.24, 2.45) is 5.92 Å². The van der Waals surface area contributed by atoms with Gasteiger partial charge >= 0.3 is 0 Å². The van der Waals surface area contributed by atoms with Crippen LogP contribution in [-0.4, -0.2) is 39.0 Å². The molecule has 2 aromatic heterocycles. The Labute approximate surface area is 172 Å². The third-order valence-electron chi connectivity index (χ3n) is 4.75. The van der Waals surface area contributed by atoms with E-state index in [1.165, 1.54) is 0 Å². The molecule has 28 heavy (non-hydrogen) atoms. The standard InChI is InChI=1S/C19H18Cl2N6O/c20-14-2-3-15(21)16(12-14)23-19(28)13-6-10-26(11-7-13)17-4-5-18(25-24-17)27-9-1-8-22-27/h1-5,8-9,12-13H,6-7,10-11H2,(H,23,28). The van der Waals surface area contributed by atoms with Gasteiger partial charge in [0.2, 0.25) is 5.91 Å². The number of carbonyl (C=O) groups is 1. The molecule has 1 fully saturated rings. The van der Waals surface area contributed by atoms with E-state index >= 15 is 0 Å². The number of nitrogens with zero attached hydrogens (tertiary/aromatic N) is 5. The summed E-state index contributed by atoms with van der Waals surface area (Å²) >= 11 is 12.1. The van der Waals surface area contributed by atoms with E-state index in [0.29, 0.717) is 21.6 Å². The smallest absolute Gasteiger partial charge is 0.227 e. The number of rotatable bonds is 4. The van der Waals surface area contributed by atoms with Gasteiger partial charge in [0.05, 0.1) is 10.7 Å². The zero-order valence-electron chi connectivity index (χ0n) is 14.9. The summed E-state index contributed by atoms with van der Waals surface area (Å²) in [5.41, 5.74) is 0.543. The van der Waals surface area contributed by atoms with Crippen molar-refractivity contribution in [3.8, 4) is 5.82 Å². The van der Waals surface area contributed by atoms with Crippen LogP contribution in [0.1, 0.15) is 12.8 Å². The highest BCUT2D eigenvalue weighted by Crippen LogP contribution is 2.28. The molecule has 0 bridgehead atoms. The van der Waals surface area contributed by atoms with Gasteiger partial charge < -0.3 is 10.2 Å². The largest absolute Gasteiger partial charge is 0.355 e. The summed E-state index contributed by atoms with van der Waals surface area (Å²) in [7, 11) is 0. The molecule has 1 N–H and O–H groups in total. The van der Waals surface area contributed by atoms with Crippen LogP contribution in [0.2, 0.25) is 10.0 Å². The number of hydrogen-bond acceptors (Lipinski definition) is 5. The maximum absolute atomic E-state index is 12.6. The molecule has 1 aromatic carbocycles. The molecule has 144 valence electrons. The molecule has 4 rings (SSSR count). The Balaban J connectivity index is 1.35. The van der Waals surface area contributed by atoms with Gasteiger partial charge in [0.15, 0.2) is 11.6 Å². The van der Waals surface area contributed by atoms with E-state index in [0.717, 1.165) is 31.7 Å². The summed E-state index contributed by atoms with van der Waals surface area (Å²) in [5, 5.41) is 16.6. The minimum Gasteiger partial charge on any atom is -0.355 e. The maximum Gasteiger partial charge on any atom is 0.227 e. The first-order chi connectivity index (χ1) is 13.6. The van der Waals surface area contributed by atoms with Crippen molar-refractivity contribution in [3.05, 3.63) is 58.8 Å². The van der Waals surface area contributed by atoms with Gasteiger partial charge in [-0.3, -0.25) is 4.79 Å². The molecule has 0 radical (unpaired) electrons. The van der Waals surface area contributed by atoms with E-state index in [4.69, 9.17) is 23.2 Å². The number of hydrogen-bond donors (Lipinski definition) is 1. The molecular weight excluding hydrogens is 399 g/mol. The Bertz CT molecular complexity index is 953. The van der Waals surface area contributed by atoms with Crippen LogP contribution in [0.3, 0.4) is 0 Å². The van der Waals surface area contributed by atoms with Gasteiger partial charge in [-0.05, 0) is 49.2 Å². The molecule has 0 spiro atoms. The van der Waals surface area contributed by atoms with Crippen molar-refractivity contribution in [1.29, 1.82) is 0 Å². The summed E-state index contributed by atoms with van der Waals surface area (Å²) in [4.78, 5) is 14.7. The molecule has 1 aliphatic rings. The van der Waals surface area contributed by atoms with Gasteiger partial charge in [0.25, 0.3) is 0 Å². The van der Waals surface area contributed by atoms with Crippen molar-refractivity contribution in [3.63, 3.8) is 0 Å². The summed E-state index contributed by atoms with van der Waals surface area (Å²) in [5.74, 6) is 1.35. The summed E-state index contributed by atoms with van der Waals surface area (Å²) < 4.78 is 1.66. The number of aromatic nitrogens is 4. The number of benzene rings is 1. The zero-order valence-corrected chi connectivity index (χ0v) is 16.4. The van der Waals surface area contributed by atoms with Crippen molar-refractivity contribution in [2.45, 2.75) is 12.8 Å². The Kier molecular flexibility index (Phi) is 5.45. The highest BCUT2D eigenvalue weighted by molar-refractivity contribution is 6.35. The lowest BCUT2D eigenvalue weighted by atomic mass is 9.96. The fraction of sp³-hybridized carbons (Fsp3) is 0.263. The minimum absolute atomic E-state index is 0.0380. The Morgan fingerprint density at radius 1 is 1.07 bits per heavy atom. The number of amides is 1. The first kappa shape index (κ1) is 18.7. The zero-order chi connectivity index (χ0) is 19.5. The summed E-state index contributed by atoms with van der Waals surface area (Å²) in [6.07, 6.45) is 4.97. The minimum atomic E-state index is -0.0809.